The largest absolute Gasteiger partial charge is 0.367 e. The molecule has 120 valence electrons. The number of benzene rings is 1. The van der Waals surface area contributed by atoms with Gasteiger partial charge in [-0.05, 0) is 35.8 Å². The van der Waals surface area contributed by atoms with E-state index in [1.165, 1.54) is 6.33 Å². The second-order valence-electron chi connectivity index (χ2n) is 6.46. The van der Waals surface area contributed by atoms with Gasteiger partial charge in [0.2, 0.25) is 0 Å². The van der Waals surface area contributed by atoms with E-state index in [9.17, 15) is 4.79 Å². The molecule has 0 spiro atoms. The fourth-order valence-corrected chi connectivity index (χ4v) is 3.32. The third-order valence-corrected chi connectivity index (χ3v) is 4.86. The number of ether oxygens (including phenoxy) is 1. The Bertz CT molecular complexity index is 699. The third-order valence-electron chi connectivity index (χ3n) is 4.86. The molecular weight excluding hydrogens is 294 g/mol. The molecule has 1 amide bonds. The van der Waals surface area contributed by atoms with Gasteiger partial charge in [0.15, 0.2) is 0 Å². The number of rotatable bonds is 3. The number of carbonyl (C=O) groups excluding carboxylic acids is 1. The fourth-order valence-electron chi connectivity index (χ4n) is 3.32. The summed E-state index contributed by atoms with van der Waals surface area (Å²) in [5.41, 5.74) is 0.0226. The minimum absolute atomic E-state index is 0.0928. The molecule has 0 N–H and O–H groups in total. The van der Waals surface area contributed by atoms with Crippen LogP contribution in [0.15, 0.2) is 36.7 Å². The highest BCUT2D eigenvalue weighted by Gasteiger charge is 2.56. The number of aromatic nitrogens is 4. The highest BCUT2D eigenvalue weighted by atomic mass is 16.5. The zero-order chi connectivity index (χ0) is 15.9. The summed E-state index contributed by atoms with van der Waals surface area (Å²) in [7, 11) is 0. The molecule has 2 fully saturated rings. The SMILES string of the molecule is CC1(c2ccccc2)CN(C(=O)C2(n3cnnn3)CC2)CCO1. The maximum absolute atomic E-state index is 13.1. The second kappa shape index (κ2) is 5.13. The summed E-state index contributed by atoms with van der Waals surface area (Å²) in [5.74, 6) is 0.0928. The van der Waals surface area contributed by atoms with Gasteiger partial charge in [-0.1, -0.05) is 30.3 Å². The Morgan fingerprint density at radius 3 is 2.70 bits per heavy atom. The van der Waals surface area contributed by atoms with E-state index in [4.69, 9.17) is 4.74 Å². The van der Waals surface area contributed by atoms with Crippen LogP contribution in [0.1, 0.15) is 25.3 Å². The Labute approximate surface area is 134 Å². The summed E-state index contributed by atoms with van der Waals surface area (Å²) < 4.78 is 7.62. The van der Waals surface area contributed by atoms with Crippen molar-refractivity contribution < 1.29 is 9.53 Å². The van der Waals surface area contributed by atoms with E-state index in [1.807, 2.05) is 42.2 Å². The molecule has 0 radical (unpaired) electrons. The zero-order valence-corrected chi connectivity index (χ0v) is 13.1. The van der Waals surface area contributed by atoms with Crippen molar-refractivity contribution in [2.75, 3.05) is 19.7 Å². The lowest BCUT2D eigenvalue weighted by Gasteiger charge is -2.42. The standard InChI is InChI=1S/C16H19N5O2/c1-15(13-5-3-2-4-6-13)11-20(9-10-23-15)14(22)16(7-8-16)21-12-17-18-19-21/h2-6,12H,7-11H2,1H3. The van der Waals surface area contributed by atoms with Crippen molar-refractivity contribution in [1.29, 1.82) is 0 Å². The normalized spacial score (nSPS) is 26.0. The van der Waals surface area contributed by atoms with Crippen LogP contribution in [0.5, 0.6) is 0 Å². The van der Waals surface area contributed by atoms with Crippen LogP contribution >= 0.6 is 0 Å². The van der Waals surface area contributed by atoms with Crippen LogP contribution in [0.4, 0.5) is 0 Å². The lowest BCUT2D eigenvalue weighted by Crippen LogP contribution is -2.54. The van der Waals surface area contributed by atoms with Crippen LogP contribution in [0.25, 0.3) is 0 Å². The molecule has 4 rings (SSSR count). The Hall–Kier alpha value is -2.28. The molecule has 2 aliphatic rings. The van der Waals surface area contributed by atoms with Crippen molar-refractivity contribution in [1.82, 2.24) is 25.1 Å². The molecule has 7 nitrogen and oxygen atoms in total. The minimum Gasteiger partial charge on any atom is -0.367 e. The van der Waals surface area contributed by atoms with Crippen LogP contribution in [0.3, 0.4) is 0 Å². The van der Waals surface area contributed by atoms with Gasteiger partial charge in [-0.25, -0.2) is 4.68 Å². The van der Waals surface area contributed by atoms with Crippen molar-refractivity contribution >= 4 is 5.91 Å². The van der Waals surface area contributed by atoms with E-state index >= 15 is 0 Å². The minimum atomic E-state index is -0.585. The van der Waals surface area contributed by atoms with Gasteiger partial charge in [0.05, 0.1) is 13.2 Å². The number of carbonyl (C=O) groups is 1. The highest BCUT2D eigenvalue weighted by Crippen LogP contribution is 2.45. The maximum atomic E-state index is 13.1. The third kappa shape index (κ3) is 2.31. The molecule has 1 aliphatic heterocycles. The molecule has 2 heterocycles. The maximum Gasteiger partial charge on any atom is 0.250 e. The molecule has 1 saturated carbocycles. The van der Waals surface area contributed by atoms with Gasteiger partial charge >= 0.3 is 0 Å². The predicted octanol–water partition coefficient (Wildman–Crippen LogP) is 0.936. The van der Waals surface area contributed by atoms with E-state index in [0.717, 1.165) is 18.4 Å². The molecule has 0 bridgehead atoms. The zero-order valence-electron chi connectivity index (χ0n) is 13.1. The molecule has 1 aliphatic carbocycles. The Morgan fingerprint density at radius 1 is 1.26 bits per heavy atom. The van der Waals surface area contributed by atoms with Crippen molar-refractivity contribution in [3.05, 3.63) is 42.2 Å². The number of amides is 1. The van der Waals surface area contributed by atoms with E-state index in [-0.39, 0.29) is 5.91 Å². The molecule has 1 aromatic carbocycles. The number of tetrazole rings is 1. The first-order valence-corrected chi connectivity index (χ1v) is 7.86. The monoisotopic (exact) mass is 313 g/mol. The lowest BCUT2D eigenvalue weighted by atomic mass is 9.93. The van der Waals surface area contributed by atoms with E-state index in [0.29, 0.717) is 19.7 Å². The van der Waals surface area contributed by atoms with Gasteiger partial charge in [-0.2, -0.15) is 0 Å². The predicted molar refractivity (Wildman–Crippen MR) is 81.4 cm³/mol. The molecule has 1 aromatic heterocycles. The van der Waals surface area contributed by atoms with E-state index in [2.05, 4.69) is 15.5 Å². The van der Waals surface area contributed by atoms with Crippen LogP contribution in [0, 0.1) is 0 Å². The van der Waals surface area contributed by atoms with Gasteiger partial charge in [-0.3, -0.25) is 4.79 Å². The lowest BCUT2D eigenvalue weighted by molar-refractivity contribution is -0.154. The molecule has 1 saturated heterocycles. The molecule has 1 unspecified atom stereocenters. The first kappa shape index (κ1) is 14.3. The fraction of sp³-hybridized carbons (Fsp3) is 0.500. The quantitative estimate of drug-likeness (QED) is 0.843. The smallest absolute Gasteiger partial charge is 0.250 e. The highest BCUT2D eigenvalue weighted by molar-refractivity contribution is 5.87. The van der Waals surface area contributed by atoms with Crippen LogP contribution in [-0.2, 0) is 20.7 Å². The first-order valence-electron chi connectivity index (χ1n) is 7.86. The Balaban J connectivity index is 1.57. The van der Waals surface area contributed by atoms with Crippen molar-refractivity contribution in [3.63, 3.8) is 0 Å². The number of nitrogens with zero attached hydrogens (tertiary/aromatic N) is 5. The molecule has 7 heteroatoms. The average molecular weight is 313 g/mol. The summed E-state index contributed by atoms with van der Waals surface area (Å²) in [6.45, 7) is 3.71. The molecule has 2 aromatic rings. The summed E-state index contributed by atoms with van der Waals surface area (Å²) in [4.78, 5) is 14.9. The van der Waals surface area contributed by atoms with Gasteiger partial charge < -0.3 is 9.64 Å². The Kier molecular flexibility index (Phi) is 3.19. The number of hydrogen-bond acceptors (Lipinski definition) is 5. The van der Waals surface area contributed by atoms with Gasteiger partial charge in [0, 0.05) is 6.54 Å². The van der Waals surface area contributed by atoms with E-state index < -0.39 is 11.1 Å². The van der Waals surface area contributed by atoms with Gasteiger partial charge in [0.25, 0.3) is 5.91 Å². The summed E-state index contributed by atoms with van der Waals surface area (Å²) in [6, 6.07) is 10.1. The molecule has 23 heavy (non-hydrogen) atoms. The van der Waals surface area contributed by atoms with E-state index in [1.54, 1.807) is 4.68 Å². The topological polar surface area (TPSA) is 73.1 Å². The average Bonchev–Trinajstić information content (AvgIpc) is 3.21. The second-order valence-corrected chi connectivity index (χ2v) is 6.46. The van der Waals surface area contributed by atoms with Crippen molar-refractivity contribution in [2.24, 2.45) is 0 Å². The number of hydrogen-bond donors (Lipinski definition) is 0. The molecular formula is C16H19N5O2. The van der Waals surface area contributed by atoms with Crippen LogP contribution in [-0.4, -0.2) is 50.7 Å². The Morgan fingerprint density at radius 2 is 2.04 bits per heavy atom. The first-order chi connectivity index (χ1) is 11.1. The summed E-state index contributed by atoms with van der Waals surface area (Å²) >= 11 is 0. The molecule has 1 atom stereocenters. The summed E-state index contributed by atoms with van der Waals surface area (Å²) in [5, 5.41) is 11.3. The van der Waals surface area contributed by atoms with Gasteiger partial charge in [0.1, 0.15) is 17.5 Å². The van der Waals surface area contributed by atoms with Crippen molar-refractivity contribution in [2.45, 2.75) is 30.9 Å². The number of morpholine rings is 1. The van der Waals surface area contributed by atoms with Gasteiger partial charge in [-0.15, -0.1) is 5.10 Å². The summed E-state index contributed by atoms with van der Waals surface area (Å²) in [6.07, 6.45) is 3.11. The van der Waals surface area contributed by atoms with Crippen molar-refractivity contribution in [3.8, 4) is 0 Å². The van der Waals surface area contributed by atoms with Crippen LogP contribution < -0.4 is 0 Å². The van der Waals surface area contributed by atoms with Crippen LogP contribution in [0.2, 0.25) is 0 Å².